The molecule has 166 valence electrons. The summed E-state index contributed by atoms with van der Waals surface area (Å²) >= 11 is 0. The number of rotatable bonds is 5. The molecule has 32 heavy (non-hydrogen) atoms. The average Bonchev–Trinajstić information content (AvgIpc) is 3.60. The van der Waals surface area contributed by atoms with Crippen molar-refractivity contribution in [3.05, 3.63) is 60.2 Å². The molecule has 1 aliphatic carbocycles. The van der Waals surface area contributed by atoms with Crippen LogP contribution in [0.4, 0.5) is 0 Å². The molecule has 0 unspecified atom stereocenters. The van der Waals surface area contributed by atoms with Gasteiger partial charge < -0.3 is 4.90 Å². The average molecular weight is 431 g/mol. The number of nitrogens with zero attached hydrogens (tertiary/aromatic N) is 2. The van der Waals surface area contributed by atoms with Crippen molar-refractivity contribution < 1.29 is 14.4 Å². The van der Waals surface area contributed by atoms with Crippen LogP contribution in [-0.2, 0) is 19.8 Å². The minimum absolute atomic E-state index is 0.0116. The maximum Gasteiger partial charge on any atom is 0.241 e. The lowest BCUT2D eigenvalue weighted by molar-refractivity contribution is -0.143. The number of imide groups is 1. The number of hydrogen-bond acceptors (Lipinski definition) is 3. The van der Waals surface area contributed by atoms with Crippen LogP contribution in [0.15, 0.2) is 54.6 Å². The number of benzene rings is 2. The van der Waals surface area contributed by atoms with Gasteiger partial charge in [0.05, 0.1) is 5.41 Å². The Kier molecular flexibility index (Phi) is 5.36. The maximum atomic E-state index is 13.7. The second kappa shape index (κ2) is 8.19. The fourth-order valence-corrected chi connectivity index (χ4v) is 5.33. The second-order valence-corrected chi connectivity index (χ2v) is 9.77. The molecule has 2 heterocycles. The zero-order valence-corrected chi connectivity index (χ0v) is 18.6. The number of hydrogen-bond donors (Lipinski definition) is 0. The van der Waals surface area contributed by atoms with E-state index in [-0.39, 0.29) is 36.6 Å². The van der Waals surface area contributed by atoms with Gasteiger partial charge in [-0.1, -0.05) is 61.5 Å². The third-order valence-electron chi connectivity index (χ3n) is 7.27. The number of likely N-dealkylation sites (tertiary alicyclic amines) is 2. The van der Waals surface area contributed by atoms with E-state index in [1.165, 1.54) is 4.90 Å². The minimum Gasteiger partial charge on any atom is -0.342 e. The van der Waals surface area contributed by atoms with E-state index >= 15 is 0 Å². The Bertz CT molecular complexity index is 1030. The molecule has 2 aliphatic heterocycles. The van der Waals surface area contributed by atoms with Gasteiger partial charge in [-0.3, -0.25) is 19.3 Å². The van der Waals surface area contributed by atoms with Crippen molar-refractivity contribution in [3.8, 4) is 11.1 Å². The van der Waals surface area contributed by atoms with Gasteiger partial charge in [-0.05, 0) is 48.3 Å². The zero-order chi connectivity index (χ0) is 22.3. The van der Waals surface area contributed by atoms with E-state index in [1.807, 2.05) is 59.5 Å². The highest BCUT2D eigenvalue weighted by atomic mass is 16.2. The highest BCUT2D eigenvalue weighted by Gasteiger charge is 2.57. The van der Waals surface area contributed by atoms with Crippen LogP contribution in [-0.4, -0.2) is 46.7 Å². The summed E-state index contributed by atoms with van der Waals surface area (Å²) < 4.78 is 0. The Balaban J connectivity index is 1.48. The highest BCUT2D eigenvalue weighted by Crippen LogP contribution is 2.45. The van der Waals surface area contributed by atoms with Crippen molar-refractivity contribution in [2.75, 3.05) is 13.1 Å². The molecule has 3 fully saturated rings. The highest BCUT2D eigenvalue weighted by molar-refractivity contribution is 6.11. The van der Waals surface area contributed by atoms with Gasteiger partial charge in [-0.2, -0.15) is 0 Å². The van der Waals surface area contributed by atoms with E-state index in [1.54, 1.807) is 0 Å². The summed E-state index contributed by atoms with van der Waals surface area (Å²) in [5.41, 5.74) is 1.83. The van der Waals surface area contributed by atoms with Crippen LogP contribution in [0.3, 0.4) is 0 Å². The third kappa shape index (κ3) is 3.74. The van der Waals surface area contributed by atoms with Gasteiger partial charge in [0.1, 0.15) is 0 Å². The van der Waals surface area contributed by atoms with Crippen LogP contribution in [0.25, 0.3) is 11.1 Å². The Morgan fingerprint density at radius 2 is 1.66 bits per heavy atom. The molecule has 2 aromatic carbocycles. The van der Waals surface area contributed by atoms with E-state index in [9.17, 15) is 14.4 Å². The number of amides is 3. The molecule has 3 aliphatic rings. The Morgan fingerprint density at radius 1 is 0.969 bits per heavy atom. The molecule has 2 atom stereocenters. The fourth-order valence-electron chi connectivity index (χ4n) is 5.33. The summed E-state index contributed by atoms with van der Waals surface area (Å²) in [5.74, 6) is 0.139. The lowest BCUT2D eigenvalue weighted by Crippen LogP contribution is -2.46. The van der Waals surface area contributed by atoms with Crippen molar-refractivity contribution in [2.24, 2.45) is 5.92 Å². The molecular formula is C27H30N2O3. The standard InChI is InChI=1S/C27H30N2O3/c1-19-6-5-15-28(18-19)24(30)16-27(17-25(31)29(26(27)32)23-13-14-23)22-11-9-21(10-12-22)20-7-3-2-4-8-20/h2-4,7-12,19,23H,5-6,13-18H2,1H3/t19-,27+/m0/s1. The van der Waals surface area contributed by atoms with E-state index < -0.39 is 5.41 Å². The Morgan fingerprint density at radius 3 is 2.31 bits per heavy atom. The summed E-state index contributed by atoms with van der Waals surface area (Å²) in [6.07, 6.45) is 4.02. The molecule has 2 aromatic rings. The molecule has 5 rings (SSSR count). The molecule has 2 saturated heterocycles. The summed E-state index contributed by atoms with van der Waals surface area (Å²) in [4.78, 5) is 43.3. The zero-order valence-electron chi connectivity index (χ0n) is 18.6. The molecule has 5 nitrogen and oxygen atoms in total. The first-order chi connectivity index (χ1) is 15.5. The van der Waals surface area contributed by atoms with Crippen LogP contribution in [0.5, 0.6) is 0 Å². The maximum absolute atomic E-state index is 13.7. The molecule has 0 spiro atoms. The summed E-state index contributed by atoms with van der Waals surface area (Å²) in [5, 5.41) is 0. The summed E-state index contributed by atoms with van der Waals surface area (Å²) in [7, 11) is 0. The minimum atomic E-state index is -1.09. The normalized spacial score (nSPS) is 26.0. The van der Waals surface area contributed by atoms with Gasteiger partial charge in [0, 0.05) is 32.0 Å². The van der Waals surface area contributed by atoms with Crippen LogP contribution in [0.1, 0.15) is 51.0 Å². The molecule has 5 heteroatoms. The Hall–Kier alpha value is -2.95. The number of piperidine rings is 1. The van der Waals surface area contributed by atoms with Gasteiger partial charge >= 0.3 is 0 Å². The Labute approximate surface area is 189 Å². The van der Waals surface area contributed by atoms with E-state index in [2.05, 4.69) is 6.92 Å². The predicted octanol–water partition coefficient (Wildman–Crippen LogP) is 4.16. The van der Waals surface area contributed by atoms with Crippen molar-refractivity contribution >= 4 is 17.7 Å². The van der Waals surface area contributed by atoms with Crippen molar-refractivity contribution in [1.29, 1.82) is 0 Å². The summed E-state index contributed by atoms with van der Waals surface area (Å²) in [6.45, 7) is 3.63. The molecule has 1 saturated carbocycles. The van der Waals surface area contributed by atoms with Gasteiger partial charge in [-0.15, -0.1) is 0 Å². The first kappa shape index (κ1) is 20.9. The molecule has 0 radical (unpaired) electrons. The van der Waals surface area contributed by atoms with Crippen molar-refractivity contribution in [1.82, 2.24) is 9.80 Å². The van der Waals surface area contributed by atoms with Gasteiger partial charge in [0.2, 0.25) is 17.7 Å². The quantitative estimate of drug-likeness (QED) is 0.670. The summed E-state index contributed by atoms with van der Waals surface area (Å²) in [6, 6.07) is 18.0. The topological polar surface area (TPSA) is 57.7 Å². The van der Waals surface area contributed by atoms with Crippen LogP contribution in [0.2, 0.25) is 0 Å². The second-order valence-electron chi connectivity index (χ2n) is 9.77. The molecule has 0 N–H and O–H groups in total. The smallest absolute Gasteiger partial charge is 0.241 e. The number of carbonyl (C=O) groups is 3. The van der Waals surface area contributed by atoms with Crippen LogP contribution >= 0.6 is 0 Å². The molecule has 0 bridgehead atoms. The van der Waals surface area contributed by atoms with E-state index in [0.717, 1.165) is 55.5 Å². The van der Waals surface area contributed by atoms with Crippen molar-refractivity contribution in [2.45, 2.75) is 56.9 Å². The van der Waals surface area contributed by atoms with Gasteiger partial charge in [0.25, 0.3) is 0 Å². The predicted molar refractivity (Wildman–Crippen MR) is 123 cm³/mol. The molecule has 0 aromatic heterocycles. The first-order valence-corrected chi connectivity index (χ1v) is 11.8. The van der Waals surface area contributed by atoms with Gasteiger partial charge in [-0.25, -0.2) is 0 Å². The molecular weight excluding hydrogens is 400 g/mol. The lowest BCUT2D eigenvalue weighted by atomic mass is 9.75. The van der Waals surface area contributed by atoms with E-state index in [4.69, 9.17) is 0 Å². The fraction of sp³-hybridized carbons (Fsp3) is 0.444. The van der Waals surface area contributed by atoms with Crippen LogP contribution in [0, 0.1) is 5.92 Å². The van der Waals surface area contributed by atoms with Gasteiger partial charge in [0.15, 0.2) is 0 Å². The SMILES string of the molecule is C[C@H]1CCCN(C(=O)C[C@]2(c3ccc(-c4ccccc4)cc3)CC(=O)N(C3CC3)C2=O)C1. The van der Waals surface area contributed by atoms with E-state index in [0.29, 0.717) is 5.92 Å². The molecule has 3 amide bonds. The van der Waals surface area contributed by atoms with Crippen molar-refractivity contribution in [3.63, 3.8) is 0 Å². The largest absolute Gasteiger partial charge is 0.342 e. The van der Waals surface area contributed by atoms with Crippen LogP contribution < -0.4 is 0 Å². The lowest BCUT2D eigenvalue weighted by Gasteiger charge is -2.34. The number of carbonyl (C=O) groups excluding carboxylic acids is 3. The monoisotopic (exact) mass is 430 g/mol. The third-order valence-corrected chi connectivity index (χ3v) is 7.27. The first-order valence-electron chi connectivity index (χ1n) is 11.8.